The zero-order chi connectivity index (χ0) is 11.8. The molecule has 0 saturated carbocycles. The van der Waals surface area contributed by atoms with E-state index in [1.54, 1.807) is 0 Å². The third-order valence-corrected chi connectivity index (χ3v) is 3.57. The zero-order valence-electron chi connectivity index (χ0n) is 9.40. The van der Waals surface area contributed by atoms with Crippen LogP contribution in [0.5, 0.6) is 0 Å². The number of halogens is 1. The number of hydrogen-bond donors (Lipinski definition) is 1. The number of ether oxygens (including phenoxy) is 1. The lowest BCUT2D eigenvalue weighted by molar-refractivity contribution is 0.0847. The van der Waals surface area contributed by atoms with Crippen molar-refractivity contribution in [2.45, 2.75) is 18.8 Å². The summed E-state index contributed by atoms with van der Waals surface area (Å²) in [6.07, 6.45) is 3.85. The van der Waals surface area contributed by atoms with Gasteiger partial charge in [-0.1, -0.05) is 11.6 Å². The van der Waals surface area contributed by atoms with Gasteiger partial charge in [0.25, 0.3) is 0 Å². The van der Waals surface area contributed by atoms with Gasteiger partial charge in [0.15, 0.2) is 5.65 Å². The summed E-state index contributed by atoms with van der Waals surface area (Å²) in [4.78, 5) is 4.59. The van der Waals surface area contributed by atoms with Crippen molar-refractivity contribution >= 4 is 23.1 Å². The molecule has 1 saturated heterocycles. The van der Waals surface area contributed by atoms with Crippen LogP contribution in [0.15, 0.2) is 18.3 Å². The number of nitrogens with zero attached hydrogens (tertiary/aromatic N) is 2. The first-order valence-electron chi connectivity index (χ1n) is 5.77. The van der Waals surface area contributed by atoms with Gasteiger partial charge in [0.1, 0.15) is 5.82 Å². The Morgan fingerprint density at radius 1 is 1.41 bits per heavy atom. The first-order valence-corrected chi connectivity index (χ1v) is 6.15. The molecule has 3 rings (SSSR count). The van der Waals surface area contributed by atoms with Crippen molar-refractivity contribution in [3.63, 3.8) is 0 Å². The van der Waals surface area contributed by atoms with E-state index in [0.29, 0.717) is 16.8 Å². The molecule has 1 aliphatic rings. The molecule has 17 heavy (non-hydrogen) atoms. The van der Waals surface area contributed by atoms with Gasteiger partial charge in [-0.15, -0.1) is 0 Å². The summed E-state index contributed by atoms with van der Waals surface area (Å²) >= 11 is 6.12. The van der Waals surface area contributed by atoms with Gasteiger partial charge in [-0.25, -0.2) is 4.98 Å². The summed E-state index contributed by atoms with van der Waals surface area (Å²) in [5, 5.41) is 0.637. The van der Waals surface area contributed by atoms with Gasteiger partial charge in [-0.2, -0.15) is 0 Å². The monoisotopic (exact) mass is 251 g/mol. The Morgan fingerprint density at radius 2 is 2.18 bits per heavy atom. The second kappa shape index (κ2) is 4.20. The fourth-order valence-corrected chi connectivity index (χ4v) is 2.55. The Morgan fingerprint density at radius 3 is 2.88 bits per heavy atom. The molecule has 5 heteroatoms. The van der Waals surface area contributed by atoms with Crippen LogP contribution >= 0.6 is 11.6 Å². The maximum atomic E-state index is 6.14. The number of fused-ring (bicyclic) bond motifs is 1. The highest BCUT2D eigenvalue weighted by atomic mass is 35.5. The van der Waals surface area contributed by atoms with Crippen LogP contribution in [-0.4, -0.2) is 22.6 Å². The summed E-state index contributed by atoms with van der Waals surface area (Å²) in [7, 11) is 0. The van der Waals surface area contributed by atoms with Gasteiger partial charge in [0.2, 0.25) is 0 Å². The molecule has 1 fully saturated rings. The molecule has 0 radical (unpaired) electrons. The number of hydrogen-bond acceptors (Lipinski definition) is 3. The Balaban J connectivity index is 2.10. The number of aromatic nitrogens is 2. The molecule has 4 nitrogen and oxygen atoms in total. The molecule has 2 N–H and O–H groups in total. The molecule has 0 bridgehead atoms. The number of nitrogens with two attached hydrogens (primary N) is 1. The van der Waals surface area contributed by atoms with Gasteiger partial charge >= 0.3 is 0 Å². The highest BCUT2D eigenvalue weighted by molar-refractivity contribution is 6.33. The van der Waals surface area contributed by atoms with Crippen LogP contribution in [0.4, 0.5) is 5.82 Å². The SMILES string of the molecule is Nc1c(C2CCOCC2)nc2c(Cl)cccn12. The molecule has 0 aromatic carbocycles. The van der Waals surface area contributed by atoms with Gasteiger partial charge in [-0.05, 0) is 25.0 Å². The van der Waals surface area contributed by atoms with Crippen molar-refractivity contribution in [3.05, 3.63) is 29.0 Å². The largest absolute Gasteiger partial charge is 0.383 e. The minimum Gasteiger partial charge on any atom is -0.383 e. The molecule has 0 atom stereocenters. The smallest absolute Gasteiger partial charge is 0.157 e. The number of nitrogen functional groups attached to an aromatic ring is 1. The van der Waals surface area contributed by atoms with Crippen molar-refractivity contribution in [2.75, 3.05) is 18.9 Å². The predicted molar refractivity (Wildman–Crippen MR) is 67.4 cm³/mol. The van der Waals surface area contributed by atoms with Crippen molar-refractivity contribution in [1.82, 2.24) is 9.38 Å². The highest BCUT2D eigenvalue weighted by Gasteiger charge is 2.22. The van der Waals surface area contributed by atoms with E-state index >= 15 is 0 Å². The second-order valence-electron chi connectivity index (χ2n) is 4.32. The van der Waals surface area contributed by atoms with Crippen LogP contribution in [0.2, 0.25) is 5.02 Å². The standard InChI is InChI=1S/C12H14ClN3O/c13-9-2-1-5-16-11(14)10(15-12(9)16)8-3-6-17-7-4-8/h1-2,5,8H,3-4,6-7,14H2. The molecule has 2 aromatic rings. The molecule has 3 heterocycles. The van der Waals surface area contributed by atoms with E-state index in [1.807, 2.05) is 22.7 Å². The average Bonchev–Trinajstić information content (AvgIpc) is 2.70. The summed E-state index contributed by atoms with van der Waals surface area (Å²) in [6, 6.07) is 3.71. The van der Waals surface area contributed by atoms with E-state index in [0.717, 1.165) is 37.4 Å². The van der Waals surface area contributed by atoms with Crippen molar-refractivity contribution in [3.8, 4) is 0 Å². The third-order valence-electron chi connectivity index (χ3n) is 3.28. The normalized spacial score (nSPS) is 17.7. The third kappa shape index (κ3) is 1.77. The molecule has 0 spiro atoms. The Kier molecular flexibility index (Phi) is 2.68. The number of pyridine rings is 1. The topological polar surface area (TPSA) is 52.5 Å². The number of rotatable bonds is 1. The first-order chi connectivity index (χ1) is 8.27. The maximum Gasteiger partial charge on any atom is 0.157 e. The van der Waals surface area contributed by atoms with Gasteiger partial charge < -0.3 is 10.5 Å². The van der Waals surface area contributed by atoms with Crippen molar-refractivity contribution in [1.29, 1.82) is 0 Å². The van der Waals surface area contributed by atoms with E-state index in [1.165, 1.54) is 0 Å². The summed E-state index contributed by atoms with van der Waals surface area (Å²) in [5.74, 6) is 1.09. The Bertz CT molecular complexity index is 546. The fourth-order valence-electron chi connectivity index (χ4n) is 2.34. The quantitative estimate of drug-likeness (QED) is 0.847. The zero-order valence-corrected chi connectivity index (χ0v) is 10.2. The number of imidazole rings is 1. The summed E-state index contributed by atoms with van der Waals surface area (Å²) < 4.78 is 7.21. The average molecular weight is 252 g/mol. The molecule has 1 aliphatic heterocycles. The maximum absolute atomic E-state index is 6.14. The molecule has 0 amide bonds. The van der Waals surface area contributed by atoms with Gasteiger partial charge in [0.05, 0.1) is 10.7 Å². The number of anilines is 1. The molecular formula is C12H14ClN3O. The minimum atomic E-state index is 0.389. The highest BCUT2D eigenvalue weighted by Crippen LogP contribution is 2.32. The van der Waals surface area contributed by atoms with E-state index < -0.39 is 0 Å². The van der Waals surface area contributed by atoms with E-state index in [4.69, 9.17) is 22.1 Å². The van der Waals surface area contributed by atoms with E-state index in [2.05, 4.69) is 4.98 Å². The van der Waals surface area contributed by atoms with Gasteiger partial charge in [0, 0.05) is 25.3 Å². The summed E-state index contributed by atoms with van der Waals surface area (Å²) in [6.45, 7) is 1.57. The first kappa shape index (κ1) is 10.9. The molecule has 0 unspecified atom stereocenters. The second-order valence-corrected chi connectivity index (χ2v) is 4.73. The van der Waals surface area contributed by atoms with Crippen LogP contribution < -0.4 is 5.73 Å². The molecule has 2 aromatic heterocycles. The van der Waals surface area contributed by atoms with Crippen LogP contribution in [0.1, 0.15) is 24.5 Å². The molecule has 90 valence electrons. The van der Waals surface area contributed by atoms with Gasteiger partial charge in [-0.3, -0.25) is 4.40 Å². The minimum absolute atomic E-state index is 0.389. The van der Waals surface area contributed by atoms with Crippen molar-refractivity contribution in [2.24, 2.45) is 0 Å². The molecular weight excluding hydrogens is 238 g/mol. The Hall–Kier alpha value is -1.26. The van der Waals surface area contributed by atoms with Crippen LogP contribution in [0.25, 0.3) is 5.65 Å². The van der Waals surface area contributed by atoms with E-state index in [-0.39, 0.29) is 0 Å². The Labute approximate surface area is 104 Å². The van der Waals surface area contributed by atoms with Crippen LogP contribution in [-0.2, 0) is 4.74 Å². The van der Waals surface area contributed by atoms with Crippen LogP contribution in [0, 0.1) is 0 Å². The fraction of sp³-hybridized carbons (Fsp3) is 0.417. The van der Waals surface area contributed by atoms with Crippen LogP contribution in [0.3, 0.4) is 0 Å². The molecule has 0 aliphatic carbocycles. The lowest BCUT2D eigenvalue weighted by Gasteiger charge is -2.20. The van der Waals surface area contributed by atoms with Crippen molar-refractivity contribution < 1.29 is 4.74 Å². The van der Waals surface area contributed by atoms with E-state index in [9.17, 15) is 0 Å². The summed E-state index contributed by atoms with van der Waals surface area (Å²) in [5.41, 5.74) is 7.84. The lowest BCUT2D eigenvalue weighted by Crippen LogP contribution is -2.15. The lowest BCUT2D eigenvalue weighted by atomic mass is 9.96. The predicted octanol–water partition coefficient (Wildman–Crippen LogP) is 2.46.